The van der Waals surface area contributed by atoms with Gasteiger partial charge in [-0.2, -0.15) is 0 Å². The fraction of sp³-hybridized carbons (Fsp3) is 0.701. The molecular weight excluding hydrogens is 1260 g/mol. The first-order valence-corrected chi connectivity index (χ1v) is 33.5. The summed E-state index contributed by atoms with van der Waals surface area (Å²) < 4.78 is 22.8. The minimum absolute atomic E-state index is 0.00604. The van der Waals surface area contributed by atoms with E-state index in [1.54, 1.807) is 65.8 Å². The van der Waals surface area contributed by atoms with E-state index in [1.165, 1.54) is 51.8 Å². The zero-order valence-corrected chi connectivity index (χ0v) is 58.5. The quantitative estimate of drug-likeness (QED) is 0.0381. The number of nitrogens with one attached hydrogen (secondary N) is 4. The smallest absolute Gasteiger partial charge is 0.329 e. The largest absolute Gasteiger partial charge is 0.497 e. The molecule has 3 saturated heterocycles. The number of carboxylic acid groups (broad SMARTS) is 1. The fourth-order valence-electron chi connectivity index (χ4n) is 12.0. The molecule has 542 valence electrons. The number of aliphatic hydroxyl groups excluding tert-OH is 1. The van der Waals surface area contributed by atoms with Crippen LogP contribution in [0.2, 0.25) is 0 Å². The number of ketones is 1. The molecule has 1 aromatic rings. The molecule has 15 unspecified atom stereocenters. The molecule has 1 aromatic carbocycles. The first-order chi connectivity index (χ1) is 45.4. The first kappa shape index (κ1) is 81.2. The molecule has 97 heavy (non-hydrogen) atoms. The number of ether oxygens (including phenoxy) is 4. The summed E-state index contributed by atoms with van der Waals surface area (Å²) in [6.45, 7) is 17.7. The molecule has 3 aliphatic rings. The number of amides is 9. The second-order valence-electron chi connectivity index (χ2n) is 27.0. The maximum atomic E-state index is 15.2. The predicted octanol–water partition coefficient (Wildman–Crippen LogP) is 0.810. The van der Waals surface area contributed by atoms with Crippen molar-refractivity contribution < 1.29 is 96.3 Å². The Hall–Kier alpha value is -8.28. The number of likely N-dealkylation sites (N-methyl/N-ethyl adjacent to an activating group) is 2. The highest BCUT2D eigenvalue weighted by atomic mass is 16.6. The number of nitrogens with two attached hydrogens (primary N) is 2. The molecule has 3 fully saturated rings. The molecule has 0 saturated carbocycles. The number of carboxylic acids is 1. The Balaban J connectivity index is 1.81. The molecule has 10 N–H and O–H groups in total. The number of aliphatic hydroxyl groups is 1. The van der Waals surface area contributed by atoms with Gasteiger partial charge in [-0.1, -0.05) is 73.9 Å². The van der Waals surface area contributed by atoms with Crippen molar-refractivity contribution in [2.45, 2.75) is 238 Å². The van der Waals surface area contributed by atoms with Crippen molar-refractivity contribution in [3.05, 3.63) is 29.8 Å². The first-order valence-electron chi connectivity index (χ1n) is 33.5. The van der Waals surface area contributed by atoms with E-state index in [0.717, 1.165) is 9.80 Å². The minimum atomic E-state index is -1.88. The number of cyclic esters (lactones) is 2. The lowest BCUT2D eigenvalue weighted by molar-refractivity contribution is -0.163. The van der Waals surface area contributed by atoms with Gasteiger partial charge in [-0.05, 0) is 114 Å². The number of Topliss-reactive ketones (excluding diaryl/α,β-unsaturated/α-hetero) is 1. The number of benzene rings is 1. The molecule has 4 rings (SSSR count). The Morgan fingerprint density at radius 1 is 0.835 bits per heavy atom. The van der Waals surface area contributed by atoms with Crippen molar-refractivity contribution in [3.8, 4) is 5.75 Å². The monoisotopic (exact) mass is 1370 g/mol. The molecule has 3 heterocycles. The van der Waals surface area contributed by atoms with Gasteiger partial charge in [-0.15, -0.1) is 0 Å². The number of likely N-dealkylation sites (tertiary alicyclic amines) is 1. The molecular formula is C67H104N10O20. The molecule has 0 radical (unpaired) electrons. The van der Waals surface area contributed by atoms with Gasteiger partial charge >= 0.3 is 23.9 Å². The van der Waals surface area contributed by atoms with E-state index < -0.39 is 199 Å². The highest BCUT2D eigenvalue weighted by molar-refractivity contribution is 6.05. The second-order valence-corrected chi connectivity index (χ2v) is 27.0. The van der Waals surface area contributed by atoms with Crippen LogP contribution >= 0.6 is 0 Å². The topological polar surface area (TPSA) is 429 Å². The summed E-state index contributed by atoms with van der Waals surface area (Å²) in [6.07, 6.45) is -7.70. The SMILES string of the molecule is CCC(C)C1NC(=O)C(NC(=O)C(CC(C)C)N(C)C(=O)C2CCCN2C(=O)C(C)OC(=O)C(CCC(N)=O)NC(=O)CCC(N)C(=O)O)C(C)OC(=O)C(Cc2ccc(OC)cc2)N(C)C(=O)C2CCCN2C(=O)C(CC(C)C)NC(=O)C(C)C(=O)C(C(C)C)OC(=O)CC1O. The average molecular weight is 1370 g/mol. The number of carbonyl (C=O) groups is 14. The molecule has 9 amide bonds. The van der Waals surface area contributed by atoms with Crippen LogP contribution in [-0.2, 0) is 87.8 Å². The highest BCUT2D eigenvalue weighted by Gasteiger charge is 2.47. The zero-order valence-electron chi connectivity index (χ0n) is 58.5. The number of rotatable bonds is 25. The number of methoxy groups -OCH3 is 1. The van der Waals surface area contributed by atoms with Crippen LogP contribution in [0.1, 0.15) is 159 Å². The number of hydrogen-bond acceptors (Lipinski definition) is 20. The van der Waals surface area contributed by atoms with Crippen LogP contribution < -0.4 is 37.5 Å². The van der Waals surface area contributed by atoms with Crippen molar-refractivity contribution in [3.63, 3.8) is 0 Å². The van der Waals surface area contributed by atoms with Crippen molar-refractivity contribution >= 4 is 82.8 Å². The van der Waals surface area contributed by atoms with E-state index >= 15 is 19.2 Å². The fourth-order valence-corrected chi connectivity index (χ4v) is 12.0. The zero-order chi connectivity index (χ0) is 73.0. The van der Waals surface area contributed by atoms with Crippen molar-refractivity contribution in [2.75, 3.05) is 34.3 Å². The Morgan fingerprint density at radius 3 is 2.05 bits per heavy atom. The van der Waals surface area contributed by atoms with Gasteiger partial charge in [0.25, 0.3) is 5.91 Å². The molecule has 0 aliphatic carbocycles. The summed E-state index contributed by atoms with van der Waals surface area (Å²) in [5.41, 5.74) is 11.4. The van der Waals surface area contributed by atoms with Crippen LogP contribution in [0.4, 0.5) is 0 Å². The molecule has 0 aromatic heterocycles. The van der Waals surface area contributed by atoms with Gasteiger partial charge in [0, 0.05) is 46.4 Å². The molecule has 15 atom stereocenters. The second kappa shape index (κ2) is 37.5. The van der Waals surface area contributed by atoms with E-state index in [2.05, 4.69) is 21.3 Å². The van der Waals surface area contributed by atoms with Crippen molar-refractivity contribution in [1.82, 2.24) is 40.9 Å². The maximum absolute atomic E-state index is 15.2. The Morgan fingerprint density at radius 2 is 1.47 bits per heavy atom. The number of hydrogen-bond donors (Lipinski definition) is 8. The van der Waals surface area contributed by atoms with E-state index in [9.17, 15) is 53.1 Å². The average Bonchev–Trinajstić information content (AvgIpc) is 1.73. The van der Waals surface area contributed by atoms with Crippen LogP contribution in [0.5, 0.6) is 5.75 Å². The van der Waals surface area contributed by atoms with Crippen molar-refractivity contribution in [2.24, 2.45) is 41.1 Å². The predicted molar refractivity (Wildman–Crippen MR) is 349 cm³/mol. The van der Waals surface area contributed by atoms with E-state index in [0.29, 0.717) is 24.2 Å². The van der Waals surface area contributed by atoms with Crippen molar-refractivity contribution in [1.29, 1.82) is 0 Å². The van der Waals surface area contributed by atoms with Gasteiger partial charge in [0.15, 0.2) is 18.0 Å². The van der Waals surface area contributed by atoms with Crippen LogP contribution in [0.25, 0.3) is 0 Å². The highest BCUT2D eigenvalue weighted by Crippen LogP contribution is 2.28. The third-order valence-corrected chi connectivity index (χ3v) is 18.1. The van der Waals surface area contributed by atoms with E-state index in [-0.39, 0.29) is 76.3 Å². The third kappa shape index (κ3) is 22.9. The summed E-state index contributed by atoms with van der Waals surface area (Å²) in [5.74, 6) is -15.6. The van der Waals surface area contributed by atoms with E-state index in [1.807, 2.05) is 13.8 Å². The number of aliphatic carboxylic acids is 1. The molecule has 30 heteroatoms. The summed E-state index contributed by atoms with van der Waals surface area (Å²) in [6, 6.07) is -6.00. The number of carbonyl (C=O) groups excluding carboxylic acids is 13. The van der Waals surface area contributed by atoms with Crippen LogP contribution in [0.15, 0.2) is 24.3 Å². The van der Waals surface area contributed by atoms with Gasteiger partial charge in [-0.25, -0.2) is 9.59 Å². The lowest BCUT2D eigenvalue weighted by Gasteiger charge is -2.36. The number of esters is 3. The molecule has 30 nitrogen and oxygen atoms in total. The Bertz CT molecular complexity index is 2980. The Kier molecular flexibility index (Phi) is 31.3. The van der Waals surface area contributed by atoms with Crippen LogP contribution in [-0.4, -0.2) is 226 Å². The van der Waals surface area contributed by atoms with Crippen LogP contribution in [0.3, 0.4) is 0 Å². The van der Waals surface area contributed by atoms with Gasteiger partial charge in [0.2, 0.25) is 47.3 Å². The number of nitrogens with zero attached hydrogens (tertiary/aromatic N) is 4. The van der Waals surface area contributed by atoms with E-state index in [4.69, 9.17) is 35.5 Å². The van der Waals surface area contributed by atoms with Gasteiger partial charge in [-0.3, -0.25) is 57.5 Å². The lowest BCUT2D eigenvalue weighted by atomic mass is 9.91. The summed E-state index contributed by atoms with van der Waals surface area (Å²) in [5, 5.41) is 31.7. The normalized spacial score (nSPS) is 25.2. The van der Waals surface area contributed by atoms with Gasteiger partial charge in [0.05, 0.1) is 31.6 Å². The maximum Gasteiger partial charge on any atom is 0.329 e. The van der Waals surface area contributed by atoms with Gasteiger partial charge < -0.3 is 81.5 Å². The Labute approximate surface area is 567 Å². The van der Waals surface area contributed by atoms with Gasteiger partial charge in [0.1, 0.15) is 60.2 Å². The molecule has 0 bridgehead atoms. The third-order valence-electron chi connectivity index (χ3n) is 18.1. The molecule has 0 spiro atoms. The summed E-state index contributed by atoms with van der Waals surface area (Å²) in [7, 11) is 4.14. The lowest BCUT2D eigenvalue weighted by Crippen LogP contribution is -2.62. The summed E-state index contributed by atoms with van der Waals surface area (Å²) >= 11 is 0. The summed E-state index contributed by atoms with van der Waals surface area (Å²) in [4.78, 5) is 201. The number of primary amides is 1. The number of fused-ring (bicyclic) bond motifs is 1. The minimum Gasteiger partial charge on any atom is -0.497 e. The standard InChI is InChI=1S/C67H104N10O20/c1-15-37(8)54-50(78)33-53(81)97-57(36(6)7)56(82)38(9)58(83)71-45(30-34(2)3)62(87)77-29-17-19-47(77)64(89)75(13)49(32-41-20-22-42(94-14)23-21-41)67(93)95-39(10)55(60(85)72-54)73-59(84)48(31-35(4)5)74(12)63(88)46-18-16-28-76(46)61(86)40(11)96-66(92)44(25-26-51(69)79)70-52(80)27-24-43(68)65(90)91/h20-23,34-40,43-50,54-55,57,78H,15-19,24-33,68H2,1-14H3,(H2,69,79)(H,70,80)(H,71,83)(H,72,85)(H,73,84)(H,90,91). The van der Waals surface area contributed by atoms with Crippen LogP contribution in [0, 0.1) is 29.6 Å². The molecule has 3 aliphatic heterocycles.